The van der Waals surface area contributed by atoms with Crippen molar-refractivity contribution in [1.82, 2.24) is 0 Å². The van der Waals surface area contributed by atoms with Gasteiger partial charge in [0.15, 0.2) is 6.61 Å². The molecule has 0 heterocycles. The van der Waals surface area contributed by atoms with Crippen molar-refractivity contribution in [2.75, 3.05) is 11.9 Å². The minimum Gasteiger partial charge on any atom is -0.483 e. The molecule has 0 radical (unpaired) electrons. The van der Waals surface area contributed by atoms with Crippen LogP contribution in [0, 0.1) is 6.92 Å². The fraction of sp³-hybridized carbons (Fsp3) is 0.381. The molecule has 0 aliphatic rings. The number of para-hydroxylation sites is 1. The second-order valence-corrected chi connectivity index (χ2v) is 7.53. The Balaban J connectivity index is 2.23. The van der Waals surface area contributed by atoms with Gasteiger partial charge in [0.1, 0.15) is 5.75 Å². The van der Waals surface area contributed by atoms with Gasteiger partial charge < -0.3 is 10.1 Å². The van der Waals surface area contributed by atoms with Crippen molar-refractivity contribution in [2.24, 2.45) is 0 Å². The Kier molecular flexibility index (Phi) is 8.77. The number of alkyl halides is 13. The maximum absolute atomic E-state index is 14.4. The molecule has 2 rings (SSSR count). The van der Waals surface area contributed by atoms with Gasteiger partial charge in [-0.15, -0.1) is 13.2 Å². The molecule has 0 saturated carbocycles. The Hall–Kier alpha value is -3.28. The molecule has 2 aromatic rings. The number of ether oxygens (including phenoxy) is 3. The number of hydrogen-bond donors (Lipinski definition) is 1. The van der Waals surface area contributed by atoms with Crippen LogP contribution in [0.25, 0.3) is 0 Å². The van der Waals surface area contributed by atoms with Gasteiger partial charge in [0, 0.05) is 11.3 Å². The van der Waals surface area contributed by atoms with Crippen molar-refractivity contribution in [3.8, 4) is 5.75 Å². The van der Waals surface area contributed by atoms with E-state index in [4.69, 9.17) is 4.74 Å². The van der Waals surface area contributed by atoms with Crippen LogP contribution in [0.2, 0.25) is 0 Å². The average molecular weight is 591 g/mol. The summed E-state index contributed by atoms with van der Waals surface area (Å²) in [6.45, 7) is 0.894. The monoisotopic (exact) mass is 591 g/mol. The third-order valence-electron chi connectivity index (χ3n) is 4.56. The van der Waals surface area contributed by atoms with Crippen LogP contribution in [-0.2, 0) is 20.2 Å². The van der Waals surface area contributed by atoms with Gasteiger partial charge in [-0.05, 0) is 30.7 Å². The molecule has 0 atom stereocenters. The zero-order chi connectivity index (χ0) is 30.1. The first-order valence-electron chi connectivity index (χ1n) is 9.97. The fourth-order valence-corrected chi connectivity index (χ4v) is 2.69. The van der Waals surface area contributed by atoms with Crippen LogP contribution in [0.1, 0.15) is 11.1 Å². The minimum absolute atomic E-state index is 0.0700. The second kappa shape index (κ2) is 10.7. The largest absolute Gasteiger partial charge is 0.527 e. The van der Waals surface area contributed by atoms with Crippen LogP contribution in [0.3, 0.4) is 0 Å². The molecule has 0 spiro atoms. The topological polar surface area (TPSA) is 56.8 Å². The van der Waals surface area contributed by atoms with Crippen LogP contribution in [-0.4, -0.2) is 43.1 Å². The van der Waals surface area contributed by atoms with E-state index in [0.29, 0.717) is 11.6 Å². The first-order valence-corrected chi connectivity index (χ1v) is 9.97. The highest BCUT2D eigenvalue weighted by Crippen LogP contribution is 2.54. The van der Waals surface area contributed by atoms with Crippen molar-refractivity contribution < 1.29 is 76.1 Å². The molecule has 0 bridgehead atoms. The molecule has 0 unspecified atom stereocenters. The van der Waals surface area contributed by atoms with Gasteiger partial charge in [-0.3, -0.25) is 4.79 Å². The van der Waals surface area contributed by atoms with E-state index >= 15 is 0 Å². The average Bonchev–Trinajstić information content (AvgIpc) is 2.76. The second-order valence-electron chi connectivity index (χ2n) is 7.53. The van der Waals surface area contributed by atoms with Gasteiger partial charge in [-0.1, -0.05) is 30.3 Å². The van der Waals surface area contributed by atoms with Gasteiger partial charge in [0.05, 0.1) is 0 Å². The van der Waals surface area contributed by atoms with Gasteiger partial charge in [0.2, 0.25) is 0 Å². The summed E-state index contributed by atoms with van der Waals surface area (Å²) in [6, 6.07) is 7.91. The zero-order valence-electron chi connectivity index (χ0n) is 18.9. The number of anilines is 1. The highest BCUT2D eigenvalue weighted by atomic mass is 19.4. The molecular formula is C21H14F13NO4. The molecule has 5 nitrogen and oxygen atoms in total. The van der Waals surface area contributed by atoms with Gasteiger partial charge in [-0.2, -0.15) is 43.9 Å². The summed E-state index contributed by atoms with van der Waals surface area (Å²) in [4.78, 5) is 12.0. The summed E-state index contributed by atoms with van der Waals surface area (Å²) in [7, 11) is 0. The molecule has 0 aliphatic carbocycles. The zero-order valence-corrected chi connectivity index (χ0v) is 18.9. The van der Waals surface area contributed by atoms with E-state index < -0.39 is 60.3 Å². The van der Waals surface area contributed by atoms with Crippen LogP contribution >= 0.6 is 0 Å². The molecule has 218 valence electrons. The predicted octanol–water partition coefficient (Wildman–Crippen LogP) is 7.07. The summed E-state index contributed by atoms with van der Waals surface area (Å²) in [5.74, 6) is -14.3. The Morgan fingerprint density at radius 1 is 0.744 bits per heavy atom. The van der Waals surface area contributed by atoms with Crippen LogP contribution < -0.4 is 10.1 Å². The van der Waals surface area contributed by atoms with E-state index in [2.05, 4.69) is 0 Å². The lowest BCUT2D eigenvalue weighted by Crippen LogP contribution is -2.61. The highest BCUT2D eigenvalue weighted by molar-refractivity contribution is 5.92. The number of carbonyl (C=O) groups excluding carboxylic acids is 1. The van der Waals surface area contributed by atoms with Crippen LogP contribution in [0.15, 0.2) is 48.5 Å². The summed E-state index contributed by atoms with van der Waals surface area (Å²) < 4.78 is 181. The number of benzene rings is 2. The summed E-state index contributed by atoms with van der Waals surface area (Å²) in [5.41, 5.74) is -2.02. The van der Waals surface area contributed by atoms with E-state index in [1.165, 1.54) is 6.07 Å². The Bertz CT molecular complexity index is 1170. The Morgan fingerprint density at radius 3 is 1.87 bits per heavy atom. The summed E-state index contributed by atoms with van der Waals surface area (Å²) in [5, 5.41) is 1.94. The van der Waals surface area contributed by atoms with E-state index in [0.717, 1.165) is 6.07 Å². The van der Waals surface area contributed by atoms with Crippen molar-refractivity contribution in [3.63, 3.8) is 0 Å². The van der Waals surface area contributed by atoms with E-state index in [1.807, 2.05) is 10.1 Å². The predicted molar refractivity (Wildman–Crippen MR) is 104 cm³/mol. The third-order valence-corrected chi connectivity index (χ3v) is 4.56. The number of carbonyl (C=O) groups is 1. The molecule has 0 aliphatic heterocycles. The first kappa shape index (κ1) is 31.9. The van der Waals surface area contributed by atoms with Crippen molar-refractivity contribution in [1.29, 1.82) is 0 Å². The lowest BCUT2D eigenvalue weighted by Gasteiger charge is -2.35. The molecule has 0 aromatic heterocycles. The molecule has 1 N–H and O–H groups in total. The Labute approximate surface area is 209 Å². The van der Waals surface area contributed by atoms with Crippen molar-refractivity contribution in [2.45, 2.75) is 43.5 Å². The number of amides is 1. The minimum atomic E-state index is -7.53. The molecule has 39 heavy (non-hydrogen) atoms. The van der Waals surface area contributed by atoms with Gasteiger partial charge in [0.25, 0.3) is 5.91 Å². The number of halogens is 13. The first-order chi connectivity index (χ1) is 17.5. The SMILES string of the molecule is Cc1ccccc1OCC(=O)Nc1cccc(C(F)(F)C(F)(F)OC(F)(F)C(F)(F)C(F)(F)OC(F)(F)F)c1. The number of aryl methyl sites for hydroxylation is 1. The highest BCUT2D eigenvalue weighted by Gasteiger charge is 2.80. The molecule has 0 saturated heterocycles. The normalized spacial score (nSPS) is 13.8. The molecule has 2 aromatic carbocycles. The third kappa shape index (κ3) is 7.23. The van der Waals surface area contributed by atoms with Crippen molar-refractivity contribution >= 4 is 11.6 Å². The van der Waals surface area contributed by atoms with E-state index in [1.54, 1.807) is 29.9 Å². The van der Waals surface area contributed by atoms with E-state index in [9.17, 15) is 61.9 Å². The standard InChI is InChI=1S/C21H14F13NO4/c1-11-5-2-3-8-14(11)37-10-15(36)35-13-7-4-6-12(9-13)16(22,23)18(26,27)38-19(28,29)17(24,25)20(30,31)39-21(32,33)34/h2-9H,10H2,1H3,(H,35,36). The smallest absolute Gasteiger partial charge is 0.483 e. The maximum Gasteiger partial charge on any atom is 0.527 e. The molecule has 0 fully saturated rings. The van der Waals surface area contributed by atoms with Gasteiger partial charge in [-0.25, -0.2) is 9.47 Å². The molecule has 1 amide bonds. The number of rotatable bonds is 11. The van der Waals surface area contributed by atoms with Crippen molar-refractivity contribution in [3.05, 3.63) is 59.7 Å². The Morgan fingerprint density at radius 2 is 1.31 bits per heavy atom. The number of nitrogens with one attached hydrogen (secondary N) is 1. The fourth-order valence-electron chi connectivity index (χ4n) is 2.69. The lowest BCUT2D eigenvalue weighted by atomic mass is 10.1. The summed E-state index contributed by atoms with van der Waals surface area (Å²) >= 11 is 0. The van der Waals surface area contributed by atoms with Crippen LogP contribution in [0.4, 0.5) is 62.8 Å². The van der Waals surface area contributed by atoms with Crippen LogP contribution in [0.5, 0.6) is 5.75 Å². The van der Waals surface area contributed by atoms with Gasteiger partial charge >= 0.3 is 36.5 Å². The number of hydrogen-bond acceptors (Lipinski definition) is 4. The molecule has 18 heteroatoms. The molecular weight excluding hydrogens is 577 g/mol. The maximum atomic E-state index is 14.4. The lowest BCUT2D eigenvalue weighted by molar-refractivity contribution is -0.535. The quantitative estimate of drug-likeness (QED) is 0.284. The van der Waals surface area contributed by atoms with E-state index in [-0.39, 0.29) is 17.9 Å². The summed E-state index contributed by atoms with van der Waals surface area (Å²) in [6.07, 6.45) is -28.0.